The van der Waals surface area contributed by atoms with Crippen LogP contribution in [0.5, 0.6) is 0 Å². The Morgan fingerprint density at radius 3 is 2.23 bits per heavy atom. The highest BCUT2D eigenvalue weighted by Crippen LogP contribution is 2.37. The third kappa shape index (κ3) is 8.06. The van der Waals surface area contributed by atoms with Gasteiger partial charge < -0.3 is 16.0 Å². The van der Waals surface area contributed by atoms with Gasteiger partial charge in [-0.1, -0.05) is 66.7 Å². The summed E-state index contributed by atoms with van der Waals surface area (Å²) in [6.45, 7) is 0. The lowest BCUT2D eigenvalue weighted by atomic mass is 10.1. The molecule has 5 rings (SSSR count). The van der Waals surface area contributed by atoms with Gasteiger partial charge in [-0.15, -0.1) is 11.8 Å². The molecule has 0 radical (unpaired) electrons. The first-order valence-corrected chi connectivity index (χ1v) is 15.1. The van der Waals surface area contributed by atoms with Crippen LogP contribution in [0.1, 0.15) is 26.7 Å². The highest BCUT2D eigenvalue weighted by Gasteiger charge is 2.23. The van der Waals surface area contributed by atoms with Crippen molar-refractivity contribution in [1.29, 1.82) is 0 Å². The van der Waals surface area contributed by atoms with Crippen LogP contribution in [0, 0.1) is 5.82 Å². The number of thiophene rings is 1. The summed E-state index contributed by atoms with van der Waals surface area (Å²) in [5.74, 6) is -1.83. The van der Waals surface area contributed by atoms with Gasteiger partial charge in [-0.25, -0.2) is 4.39 Å². The SMILES string of the molecule is O=C(Nc1cccc(SC(C(=O)Nc2ccccc2F)c2ccccc2)c1)/C(=C/c1ccsc1)NC(=O)c1ccccc1. The number of amides is 3. The normalized spacial score (nSPS) is 11.8. The van der Waals surface area contributed by atoms with Crippen molar-refractivity contribution >= 4 is 58.3 Å². The zero-order valence-corrected chi connectivity index (χ0v) is 24.3. The van der Waals surface area contributed by atoms with Gasteiger partial charge in [-0.2, -0.15) is 11.3 Å². The van der Waals surface area contributed by atoms with Crippen LogP contribution in [-0.4, -0.2) is 17.7 Å². The minimum Gasteiger partial charge on any atom is -0.322 e. The third-order valence-corrected chi connectivity index (χ3v) is 8.15. The Balaban J connectivity index is 1.36. The van der Waals surface area contributed by atoms with Crippen LogP contribution in [0.25, 0.3) is 6.08 Å². The maximum absolute atomic E-state index is 14.3. The van der Waals surface area contributed by atoms with Gasteiger partial charge in [0.25, 0.3) is 11.8 Å². The Bertz CT molecular complexity index is 1740. The molecule has 5 aromatic rings. The van der Waals surface area contributed by atoms with E-state index in [0.717, 1.165) is 11.1 Å². The number of rotatable bonds is 10. The molecule has 1 heterocycles. The van der Waals surface area contributed by atoms with E-state index in [1.807, 2.05) is 59.3 Å². The molecule has 0 aliphatic rings. The number of hydrogen-bond acceptors (Lipinski definition) is 5. The predicted molar refractivity (Wildman–Crippen MR) is 171 cm³/mol. The quantitative estimate of drug-likeness (QED) is 0.112. The Morgan fingerprint density at radius 1 is 0.791 bits per heavy atom. The first-order valence-electron chi connectivity index (χ1n) is 13.2. The van der Waals surface area contributed by atoms with Gasteiger partial charge in [-0.3, -0.25) is 14.4 Å². The zero-order chi connectivity index (χ0) is 30.0. The number of para-hydroxylation sites is 1. The largest absolute Gasteiger partial charge is 0.322 e. The summed E-state index contributed by atoms with van der Waals surface area (Å²) in [5, 5.41) is 11.3. The van der Waals surface area contributed by atoms with Crippen LogP contribution in [0.2, 0.25) is 0 Å². The molecule has 0 bridgehead atoms. The van der Waals surface area contributed by atoms with E-state index < -0.39 is 22.9 Å². The van der Waals surface area contributed by atoms with Gasteiger partial charge in [-0.05, 0) is 76.5 Å². The minimum absolute atomic E-state index is 0.0803. The Morgan fingerprint density at radius 2 is 1.51 bits per heavy atom. The smallest absolute Gasteiger partial charge is 0.272 e. The summed E-state index contributed by atoms with van der Waals surface area (Å²) in [6.07, 6.45) is 1.61. The van der Waals surface area contributed by atoms with Crippen molar-refractivity contribution in [2.45, 2.75) is 10.1 Å². The number of thioether (sulfide) groups is 1. The molecular weight excluding hydrogens is 582 g/mol. The van der Waals surface area contributed by atoms with Gasteiger partial charge in [0.2, 0.25) is 5.91 Å². The Hall–Kier alpha value is -4.99. The monoisotopic (exact) mass is 607 g/mol. The molecule has 1 atom stereocenters. The van der Waals surface area contributed by atoms with Crippen molar-refractivity contribution in [3.8, 4) is 0 Å². The number of hydrogen-bond donors (Lipinski definition) is 3. The number of carbonyl (C=O) groups excluding carboxylic acids is 3. The Labute approximate surface area is 256 Å². The molecule has 1 aromatic heterocycles. The van der Waals surface area contributed by atoms with Crippen LogP contribution in [-0.2, 0) is 9.59 Å². The predicted octanol–water partition coefficient (Wildman–Crippen LogP) is 7.77. The molecular formula is C34H26FN3O3S2. The first kappa shape index (κ1) is 29.5. The lowest BCUT2D eigenvalue weighted by molar-refractivity contribution is -0.116. The Kier molecular flexibility index (Phi) is 9.78. The van der Waals surface area contributed by atoms with Crippen molar-refractivity contribution in [2.24, 2.45) is 0 Å². The van der Waals surface area contributed by atoms with Crippen LogP contribution >= 0.6 is 23.1 Å². The van der Waals surface area contributed by atoms with Crippen molar-refractivity contribution in [1.82, 2.24) is 5.32 Å². The summed E-state index contributed by atoms with van der Waals surface area (Å²) in [6, 6.07) is 32.7. The fourth-order valence-electron chi connectivity index (χ4n) is 4.11. The average Bonchev–Trinajstić information content (AvgIpc) is 3.55. The molecule has 0 saturated carbocycles. The van der Waals surface area contributed by atoms with E-state index in [1.54, 1.807) is 60.7 Å². The summed E-state index contributed by atoms with van der Waals surface area (Å²) in [7, 11) is 0. The minimum atomic E-state index is -0.703. The molecule has 9 heteroatoms. The van der Waals surface area contributed by atoms with Crippen molar-refractivity contribution in [3.05, 3.63) is 154 Å². The maximum Gasteiger partial charge on any atom is 0.272 e. The fourth-order valence-corrected chi connectivity index (χ4v) is 5.81. The number of benzene rings is 4. The molecule has 3 N–H and O–H groups in total. The molecule has 1 unspecified atom stereocenters. The molecule has 0 aliphatic heterocycles. The van der Waals surface area contributed by atoms with E-state index in [9.17, 15) is 18.8 Å². The molecule has 6 nitrogen and oxygen atoms in total. The van der Waals surface area contributed by atoms with Crippen LogP contribution in [0.15, 0.2) is 137 Å². The lowest BCUT2D eigenvalue weighted by Gasteiger charge is -2.18. The number of nitrogens with one attached hydrogen (secondary N) is 3. The topological polar surface area (TPSA) is 87.3 Å². The van der Waals surface area contributed by atoms with Crippen molar-refractivity contribution < 1.29 is 18.8 Å². The molecule has 214 valence electrons. The third-order valence-electron chi connectivity index (χ3n) is 6.20. The second-order valence-electron chi connectivity index (χ2n) is 9.29. The van der Waals surface area contributed by atoms with Gasteiger partial charge in [0.1, 0.15) is 16.8 Å². The van der Waals surface area contributed by atoms with Gasteiger partial charge >= 0.3 is 0 Å². The summed E-state index contributed by atoms with van der Waals surface area (Å²) < 4.78 is 14.3. The van der Waals surface area contributed by atoms with Crippen LogP contribution in [0.4, 0.5) is 15.8 Å². The van der Waals surface area contributed by atoms with Crippen molar-refractivity contribution in [3.63, 3.8) is 0 Å². The van der Waals surface area contributed by atoms with Gasteiger partial charge in [0.05, 0.1) is 5.69 Å². The second-order valence-corrected chi connectivity index (χ2v) is 11.3. The van der Waals surface area contributed by atoms with Crippen molar-refractivity contribution in [2.75, 3.05) is 10.6 Å². The van der Waals surface area contributed by atoms with E-state index in [0.29, 0.717) is 16.1 Å². The highest BCUT2D eigenvalue weighted by atomic mass is 32.2. The number of carbonyl (C=O) groups is 3. The summed E-state index contributed by atoms with van der Waals surface area (Å²) in [5.41, 5.74) is 2.58. The van der Waals surface area contributed by atoms with Gasteiger partial charge in [0, 0.05) is 16.1 Å². The van der Waals surface area contributed by atoms with Crippen LogP contribution in [0.3, 0.4) is 0 Å². The summed E-state index contributed by atoms with van der Waals surface area (Å²) in [4.78, 5) is 40.4. The number of halogens is 1. The summed E-state index contributed by atoms with van der Waals surface area (Å²) >= 11 is 2.74. The van der Waals surface area contributed by atoms with E-state index in [1.165, 1.54) is 35.2 Å². The van der Waals surface area contributed by atoms with E-state index >= 15 is 0 Å². The molecule has 0 spiro atoms. The molecule has 3 amide bonds. The van der Waals surface area contributed by atoms with E-state index in [-0.39, 0.29) is 17.3 Å². The maximum atomic E-state index is 14.3. The molecule has 4 aromatic carbocycles. The van der Waals surface area contributed by atoms with Gasteiger partial charge in [0.15, 0.2) is 0 Å². The van der Waals surface area contributed by atoms with Crippen LogP contribution < -0.4 is 16.0 Å². The standard InChI is InChI=1S/C34H26FN3O3S2/c35-28-16-7-8-17-29(28)37-34(41)31(24-10-3-1-4-11-24)43-27-15-9-14-26(21-27)36-33(40)30(20-23-18-19-42-22-23)38-32(39)25-12-5-2-6-13-25/h1-22,31H,(H,36,40)(H,37,41)(H,38,39)/b30-20-. The lowest BCUT2D eigenvalue weighted by Crippen LogP contribution is -2.30. The fraction of sp³-hybridized carbons (Fsp3) is 0.0294. The molecule has 0 fully saturated rings. The zero-order valence-electron chi connectivity index (χ0n) is 22.7. The average molecular weight is 608 g/mol. The molecule has 0 aliphatic carbocycles. The highest BCUT2D eigenvalue weighted by molar-refractivity contribution is 8.00. The molecule has 43 heavy (non-hydrogen) atoms. The first-order chi connectivity index (χ1) is 21.0. The molecule has 0 saturated heterocycles. The van der Waals surface area contributed by atoms with E-state index in [2.05, 4.69) is 16.0 Å². The number of anilines is 2. The second kappa shape index (κ2) is 14.3. The van der Waals surface area contributed by atoms with E-state index in [4.69, 9.17) is 0 Å².